The van der Waals surface area contributed by atoms with Gasteiger partial charge >= 0.3 is 6.09 Å². The van der Waals surface area contributed by atoms with Gasteiger partial charge in [0.05, 0.1) is 16.1 Å². The lowest BCUT2D eigenvalue weighted by Gasteiger charge is -2.24. The van der Waals surface area contributed by atoms with Crippen LogP contribution < -0.4 is 10.6 Å². The highest BCUT2D eigenvalue weighted by Crippen LogP contribution is 2.33. The van der Waals surface area contributed by atoms with Crippen LogP contribution >= 0.6 is 27.7 Å². The zero-order valence-corrected chi connectivity index (χ0v) is 15.7. The molecule has 0 saturated carbocycles. The van der Waals surface area contributed by atoms with Crippen molar-refractivity contribution in [1.82, 2.24) is 10.6 Å². The molecule has 122 valence electrons. The van der Waals surface area contributed by atoms with E-state index >= 15 is 0 Å². The third-order valence-corrected chi connectivity index (χ3v) is 5.17. The van der Waals surface area contributed by atoms with Gasteiger partial charge in [-0.1, -0.05) is 29.8 Å². The van der Waals surface area contributed by atoms with Gasteiger partial charge in [-0.15, -0.1) is 11.8 Å². The molecular weight excluding hydrogens is 356 g/mol. The Bertz CT molecular complexity index is 423. The molecule has 3 N–H and O–H groups in total. The predicted molar refractivity (Wildman–Crippen MR) is 90.2 cm³/mol. The topological polar surface area (TPSA) is 70.6 Å². The number of ether oxygens (including phenoxy) is 1. The molecule has 1 aliphatic heterocycles. The summed E-state index contributed by atoms with van der Waals surface area (Å²) < 4.78 is 5.31. The highest BCUT2D eigenvalue weighted by Gasteiger charge is 2.35. The van der Waals surface area contributed by atoms with Crippen molar-refractivity contribution in [3.05, 3.63) is 10.7 Å². The lowest BCUT2D eigenvalue weighted by Crippen LogP contribution is -2.44. The Hall–Kier alpha value is -0.400. The van der Waals surface area contributed by atoms with Crippen LogP contribution in [0.25, 0.3) is 0 Å². The van der Waals surface area contributed by atoms with Crippen LogP contribution in [-0.4, -0.2) is 33.6 Å². The fourth-order valence-electron chi connectivity index (χ4n) is 1.71. The van der Waals surface area contributed by atoms with E-state index in [0.29, 0.717) is 11.1 Å². The Morgan fingerprint density at radius 3 is 2.67 bits per heavy atom. The average molecular weight is 381 g/mol. The van der Waals surface area contributed by atoms with Crippen molar-refractivity contribution in [2.75, 3.05) is 11.1 Å². The Morgan fingerprint density at radius 1 is 1.62 bits per heavy atom. The van der Waals surface area contributed by atoms with Gasteiger partial charge in [-0.2, -0.15) is 0 Å². The summed E-state index contributed by atoms with van der Waals surface area (Å²) in [5.41, 5.74) is -0.746. The van der Waals surface area contributed by atoms with Gasteiger partial charge in [-0.3, -0.25) is 5.32 Å². The van der Waals surface area contributed by atoms with Crippen molar-refractivity contribution in [3.63, 3.8) is 0 Å². The first-order chi connectivity index (χ1) is 9.60. The molecule has 7 heteroatoms. The highest BCUT2D eigenvalue weighted by molar-refractivity contribution is 9.09. The van der Waals surface area contributed by atoms with E-state index in [1.165, 1.54) is 11.8 Å². The number of thioether (sulfide) groups is 1. The van der Waals surface area contributed by atoms with Crippen LogP contribution in [0, 0.1) is 5.92 Å². The minimum atomic E-state index is -0.978. The number of aliphatic hydroxyl groups is 1. The van der Waals surface area contributed by atoms with Gasteiger partial charge in [-0.25, -0.2) is 4.79 Å². The largest absolute Gasteiger partial charge is 0.444 e. The van der Waals surface area contributed by atoms with Gasteiger partial charge in [0.1, 0.15) is 5.60 Å². The summed E-state index contributed by atoms with van der Waals surface area (Å²) in [4.78, 5) is 12.0. The van der Waals surface area contributed by atoms with Crippen LogP contribution in [0.4, 0.5) is 4.79 Å². The molecule has 2 atom stereocenters. The van der Waals surface area contributed by atoms with E-state index in [1.807, 2.05) is 27.7 Å². The summed E-state index contributed by atoms with van der Waals surface area (Å²) in [6, 6.07) is 0. The molecule has 0 aromatic carbocycles. The maximum absolute atomic E-state index is 12.0. The van der Waals surface area contributed by atoms with Gasteiger partial charge in [0.25, 0.3) is 0 Å². The summed E-state index contributed by atoms with van der Waals surface area (Å²) in [6.45, 7) is 9.57. The summed E-state index contributed by atoms with van der Waals surface area (Å²) in [5.74, 6) is 0.689. The number of halogens is 1. The molecule has 5 nitrogen and oxygen atoms in total. The fourth-order valence-corrected chi connectivity index (χ4v) is 3.54. The smallest absolute Gasteiger partial charge is 0.411 e. The quantitative estimate of drug-likeness (QED) is 0.653. The van der Waals surface area contributed by atoms with Crippen molar-refractivity contribution in [3.8, 4) is 0 Å². The van der Waals surface area contributed by atoms with E-state index in [1.54, 1.807) is 0 Å². The van der Waals surface area contributed by atoms with Gasteiger partial charge < -0.3 is 15.2 Å². The van der Waals surface area contributed by atoms with Gasteiger partial charge in [-0.05, 0) is 33.1 Å². The summed E-state index contributed by atoms with van der Waals surface area (Å²) in [7, 11) is 0. The second kappa shape index (κ2) is 7.24. The number of carbonyl (C=O) groups is 1. The predicted octanol–water partition coefficient (Wildman–Crippen LogP) is 3.15. The molecule has 1 fully saturated rings. The van der Waals surface area contributed by atoms with E-state index in [-0.39, 0.29) is 5.92 Å². The molecule has 1 heterocycles. The number of alkyl halides is 1. The lowest BCUT2D eigenvalue weighted by molar-refractivity contribution is 0.0533. The van der Waals surface area contributed by atoms with Crippen molar-refractivity contribution >= 4 is 33.8 Å². The molecule has 0 radical (unpaired) electrons. The first-order valence-corrected chi connectivity index (χ1v) is 9.14. The highest BCUT2D eigenvalue weighted by atomic mass is 79.9. The van der Waals surface area contributed by atoms with Crippen molar-refractivity contribution < 1.29 is 14.6 Å². The number of carbonyl (C=O) groups excluding carboxylic acids is 1. The zero-order chi connectivity index (χ0) is 16.3. The molecule has 0 aromatic rings. The number of nitrogens with one attached hydrogen (secondary N) is 2. The van der Waals surface area contributed by atoms with E-state index in [2.05, 4.69) is 33.5 Å². The number of hydrogen-bond donors (Lipinski definition) is 3. The van der Waals surface area contributed by atoms with E-state index in [9.17, 15) is 9.90 Å². The van der Waals surface area contributed by atoms with Gasteiger partial charge in [0.15, 0.2) is 5.72 Å². The SMILES string of the molecule is CC[C@H](C)/C(NC(=O)OC(C)(C)C)=C1/NC(O)(CBr)CS1. The molecule has 1 saturated heterocycles. The lowest BCUT2D eigenvalue weighted by atomic mass is 10.1. The Kier molecular flexibility index (Phi) is 6.43. The van der Waals surface area contributed by atoms with Gasteiger partial charge in [0.2, 0.25) is 0 Å². The monoisotopic (exact) mass is 380 g/mol. The van der Waals surface area contributed by atoms with Crippen LogP contribution in [-0.2, 0) is 4.74 Å². The van der Waals surface area contributed by atoms with Crippen LogP contribution in [0.2, 0.25) is 0 Å². The molecule has 1 aliphatic rings. The number of rotatable bonds is 4. The number of allylic oxidation sites excluding steroid dienone is 1. The number of hydrogen-bond acceptors (Lipinski definition) is 5. The number of amides is 1. The molecule has 0 aliphatic carbocycles. The second-order valence-electron chi connectivity index (χ2n) is 6.26. The van der Waals surface area contributed by atoms with E-state index in [4.69, 9.17) is 4.74 Å². The molecule has 21 heavy (non-hydrogen) atoms. The van der Waals surface area contributed by atoms with Crippen molar-refractivity contribution in [1.29, 1.82) is 0 Å². The molecule has 1 amide bonds. The zero-order valence-electron chi connectivity index (χ0n) is 13.2. The van der Waals surface area contributed by atoms with Gasteiger partial charge in [0, 0.05) is 5.75 Å². The standard InChI is InChI=1S/C14H25BrN2O3S/c1-6-9(2)10(16-12(18)20-13(3,4)5)11-17-14(19,7-15)8-21-11/h9,17,19H,6-8H2,1-5H3,(H,16,18)/b11-10+/t9-,14?/m0/s1. The second-order valence-corrected chi connectivity index (χ2v) is 7.80. The molecule has 0 aromatic heterocycles. The molecule has 0 bridgehead atoms. The fraction of sp³-hybridized carbons (Fsp3) is 0.786. The Labute approximate surface area is 139 Å². The molecule has 0 spiro atoms. The summed E-state index contributed by atoms with van der Waals surface area (Å²) in [6.07, 6.45) is 0.408. The van der Waals surface area contributed by atoms with Crippen LogP contribution in [0.3, 0.4) is 0 Å². The molecular formula is C14H25BrN2O3S. The maximum Gasteiger partial charge on any atom is 0.411 e. The first-order valence-electron chi connectivity index (χ1n) is 7.03. The van der Waals surface area contributed by atoms with Crippen LogP contribution in [0.5, 0.6) is 0 Å². The van der Waals surface area contributed by atoms with Crippen LogP contribution in [0.15, 0.2) is 10.7 Å². The minimum absolute atomic E-state index is 0.158. The molecule has 1 unspecified atom stereocenters. The Morgan fingerprint density at radius 2 is 2.24 bits per heavy atom. The van der Waals surface area contributed by atoms with Crippen LogP contribution in [0.1, 0.15) is 41.0 Å². The third-order valence-electron chi connectivity index (χ3n) is 3.01. The third kappa shape index (κ3) is 5.71. The summed E-state index contributed by atoms with van der Waals surface area (Å²) in [5, 5.41) is 17.4. The average Bonchev–Trinajstić information content (AvgIpc) is 2.76. The minimum Gasteiger partial charge on any atom is -0.444 e. The van der Waals surface area contributed by atoms with Crippen molar-refractivity contribution in [2.24, 2.45) is 5.92 Å². The summed E-state index contributed by atoms with van der Waals surface area (Å²) >= 11 is 4.80. The van der Waals surface area contributed by atoms with E-state index in [0.717, 1.165) is 17.1 Å². The van der Waals surface area contributed by atoms with E-state index < -0.39 is 17.4 Å². The maximum atomic E-state index is 12.0. The first kappa shape index (κ1) is 18.6. The number of alkyl carbamates (subject to hydrolysis) is 1. The van der Waals surface area contributed by atoms with Crippen molar-refractivity contribution in [2.45, 2.75) is 52.4 Å². The molecule has 1 rings (SSSR count). The Balaban J connectivity index is 2.90. The normalized spacial score (nSPS) is 26.0.